The Bertz CT molecular complexity index is 1460. The van der Waals surface area contributed by atoms with E-state index in [0.29, 0.717) is 34.2 Å². The van der Waals surface area contributed by atoms with Crippen molar-refractivity contribution in [2.75, 3.05) is 27.0 Å². The molecule has 2 aliphatic rings. The Morgan fingerprint density at radius 3 is 2.58 bits per heavy atom. The van der Waals surface area contributed by atoms with Gasteiger partial charge in [0.2, 0.25) is 0 Å². The molecule has 40 heavy (non-hydrogen) atoms. The van der Waals surface area contributed by atoms with Gasteiger partial charge in [-0.1, -0.05) is 25.7 Å². The number of hydrogen-bond acceptors (Lipinski definition) is 7. The summed E-state index contributed by atoms with van der Waals surface area (Å²) in [6.07, 6.45) is 0. The summed E-state index contributed by atoms with van der Waals surface area (Å²) in [7, 11) is 0.164. The van der Waals surface area contributed by atoms with Gasteiger partial charge in [0, 0.05) is 37.7 Å². The second kappa shape index (κ2) is 10.8. The number of aromatic nitrogens is 1. The molecule has 12 heteroatoms. The number of carbonyl (C=O) groups excluding carboxylic acids is 3. The zero-order chi connectivity index (χ0) is 28.7. The number of amides is 4. The average molecular weight is 583 g/mol. The van der Waals surface area contributed by atoms with Gasteiger partial charge < -0.3 is 19.7 Å². The van der Waals surface area contributed by atoms with Gasteiger partial charge in [-0.15, -0.1) is 11.3 Å². The lowest BCUT2D eigenvalue weighted by Crippen LogP contribution is -2.53. The third-order valence-electron chi connectivity index (χ3n) is 7.03. The summed E-state index contributed by atoms with van der Waals surface area (Å²) in [6.45, 7) is 7.05. The highest BCUT2D eigenvalue weighted by Gasteiger charge is 2.56. The van der Waals surface area contributed by atoms with Gasteiger partial charge in [-0.05, 0) is 48.0 Å². The van der Waals surface area contributed by atoms with Crippen molar-refractivity contribution < 1.29 is 28.2 Å². The monoisotopic (exact) mass is 582 g/mol. The van der Waals surface area contributed by atoms with Crippen molar-refractivity contribution in [2.24, 2.45) is 0 Å². The van der Waals surface area contributed by atoms with Gasteiger partial charge in [-0.25, -0.2) is 19.1 Å². The van der Waals surface area contributed by atoms with Crippen LogP contribution in [0.1, 0.15) is 20.9 Å². The summed E-state index contributed by atoms with van der Waals surface area (Å²) in [5.74, 6) is -0.621. The molecule has 2 aliphatic heterocycles. The lowest BCUT2D eigenvalue weighted by atomic mass is 9.99. The number of halogens is 1. The van der Waals surface area contributed by atoms with Crippen LogP contribution in [0.25, 0.3) is 11.3 Å². The standard InChI is InChI=1S/C28H31FN4O5SSi/c1-37-21-10-7-19-14-32(24(34)22(19)13-21)16-28(25-30-23(15-39-25)18-5-8-20(29)9-6-18)26(35)33(27(36)31-28)17-38-11-12-40(2,3)4/h5-10,13,15H,11-12,14,16-17H2,1-4H3,(H,31,36)/t28-/m0/s1. The van der Waals surface area contributed by atoms with Crippen molar-refractivity contribution in [3.8, 4) is 17.0 Å². The molecule has 1 saturated heterocycles. The van der Waals surface area contributed by atoms with Crippen molar-refractivity contribution in [3.05, 3.63) is 69.8 Å². The lowest BCUT2D eigenvalue weighted by molar-refractivity contribution is -0.135. The number of fused-ring (bicyclic) bond motifs is 1. The molecule has 5 rings (SSSR count). The molecular weight excluding hydrogens is 551 g/mol. The molecule has 0 radical (unpaired) electrons. The second-order valence-corrected chi connectivity index (χ2v) is 17.6. The lowest BCUT2D eigenvalue weighted by Gasteiger charge is -2.29. The molecule has 2 aromatic carbocycles. The van der Waals surface area contributed by atoms with Crippen molar-refractivity contribution in [3.63, 3.8) is 0 Å². The van der Waals surface area contributed by atoms with Crippen LogP contribution in [-0.4, -0.2) is 67.7 Å². The molecule has 0 unspecified atom stereocenters. The Hall–Kier alpha value is -3.61. The van der Waals surface area contributed by atoms with Crippen LogP contribution in [0.5, 0.6) is 5.75 Å². The molecule has 1 fully saturated rings. The van der Waals surface area contributed by atoms with Gasteiger partial charge in [-0.3, -0.25) is 9.59 Å². The summed E-state index contributed by atoms with van der Waals surface area (Å²) in [4.78, 5) is 47.9. The first kappa shape index (κ1) is 27.9. The first-order valence-corrected chi connectivity index (χ1v) is 17.5. The number of carbonyl (C=O) groups is 3. The quantitative estimate of drug-likeness (QED) is 0.212. The van der Waals surface area contributed by atoms with Crippen LogP contribution in [0.4, 0.5) is 9.18 Å². The first-order chi connectivity index (χ1) is 19.0. The molecule has 9 nitrogen and oxygen atoms in total. The maximum absolute atomic E-state index is 14.0. The van der Waals surface area contributed by atoms with E-state index in [1.807, 2.05) is 6.07 Å². The zero-order valence-electron chi connectivity index (χ0n) is 22.8. The number of imide groups is 1. The maximum atomic E-state index is 14.0. The minimum absolute atomic E-state index is 0.116. The minimum atomic E-state index is -1.61. The van der Waals surface area contributed by atoms with Crippen LogP contribution in [0.2, 0.25) is 25.7 Å². The predicted molar refractivity (Wildman–Crippen MR) is 151 cm³/mol. The number of rotatable bonds is 10. The highest BCUT2D eigenvalue weighted by Crippen LogP contribution is 2.37. The molecule has 3 aromatic rings. The van der Waals surface area contributed by atoms with Crippen molar-refractivity contribution in [2.45, 2.75) is 37.8 Å². The molecule has 4 amide bonds. The van der Waals surface area contributed by atoms with Gasteiger partial charge >= 0.3 is 6.03 Å². The highest BCUT2D eigenvalue weighted by molar-refractivity contribution is 7.10. The van der Waals surface area contributed by atoms with E-state index in [9.17, 15) is 18.8 Å². The normalized spacial score (nSPS) is 18.9. The van der Waals surface area contributed by atoms with Crippen LogP contribution in [0, 0.1) is 5.82 Å². The molecule has 3 heterocycles. The van der Waals surface area contributed by atoms with Crippen molar-refractivity contribution in [1.82, 2.24) is 20.1 Å². The Balaban J connectivity index is 1.45. The summed E-state index contributed by atoms with van der Waals surface area (Å²) in [6, 6.07) is 11.4. The number of nitrogens with zero attached hydrogens (tertiary/aromatic N) is 3. The molecule has 0 bridgehead atoms. The van der Waals surface area contributed by atoms with E-state index in [0.717, 1.165) is 16.5 Å². The summed E-state index contributed by atoms with van der Waals surface area (Å²) in [5.41, 5.74) is 0.884. The number of nitrogens with one attached hydrogen (secondary N) is 1. The van der Waals surface area contributed by atoms with Gasteiger partial charge in [0.25, 0.3) is 11.8 Å². The molecule has 0 aliphatic carbocycles. The molecular formula is C28H31FN4O5SSi. The Morgan fingerprint density at radius 2 is 1.88 bits per heavy atom. The van der Waals surface area contributed by atoms with Crippen molar-refractivity contribution >= 4 is 37.3 Å². The summed E-state index contributed by atoms with van der Waals surface area (Å²) >= 11 is 1.20. The van der Waals surface area contributed by atoms with Gasteiger partial charge in [0.1, 0.15) is 23.3 Å². The van der Waals surface area contributed by atoms with E-state index in [4.69, 9.17) is 14.5 Å². The van der Waals surface area contributed by atoms with E-state index < -0.39 is 25.6 Å². The van der Waals surface area contributed by atoms with E-state index in [-0.39, 0.29) is 31.5 Å². The largest absolute Gasteiger partial charge is 0.497 e. The third kappa shape index (κ3) is 5.38. The van der Waals surface area contributed by atoms with Crippen LogP contribution in [0.3, 0.4) is 0 Å². The van der Waals surface area contributed by atoms with Gasteiger partial charge in [0.15, 0.2) is 5.54 Å². The van der Waals surface area contributed by atoms with Gasteiger partial charge in [-0.2, -0.15) is 0 Å². The number of hydrogen-bond donors (Lipinski definition) is 1. The first-order valence-electron chi connectivity index (χ1n) is 12.9. The second-order valence-electron chi connectivity index (χ2n) is 11.1. The number of ether oxygens (including phenoxy) is 2. The Kier molecular flexibility index (Phi) is 7.51. The maximum Gasteiger partial charge on any atom is 0.327 e. The number of urea groups is 1. The summed E-state index contributed by atoms with van der Waals surface area (Å²) < 4.78 is 24.5. The highest BCUT2D eigenvalue weighted by atomic mass is 32.1. The third-order valence-corrected chi connectivity index (χ3v) is 9.73. The van der Waals surface area contributed by atoms with Crippen LogP contribution < -0.4 is 10.1 Å². The fourth-order valence-corrected chi connectivity index (χ4v) is 6.43. The number of thiazole rings is 1. The topological polar surface area (TPSA) is 101 Å². The molecule has 0 saturated carbocycles. The fourth-order valence-electron chi connectivity index (χ4n) is 4.70. The Morgan fingerprint density at radius 1 is 1.12 bits per heavy atom. The van der Waals surface area contributed by atoms with Crippen molar-refractivity contribution in [1.29, 1.82) is 0 Å². The van der Waals surface area contributed by atoms with E-state index >= 15 is 0 Å². The van der Waals surface area contributed by atoms with E-state index in [1.165, 1.54) is 35.5 Å². The van der Waals surface area contributed by atoms with Gasteiger partial charge in [0.05, 0.1) is 19.3 Å². The summed E-state index contributed by atoms with van der Waals surface area (Å²) in [5, 5.41) is 4.93. The zero-order valence-corrected chi connectivity index (χ0v) is 24.6. The van der Waals surface area contributed by atoms with E-state index in [2.05, 4.69) is 25.0 Å². The van der Waals surface area contributed by atoms with Crippen LogP contribution >= 0.6 is 11.3 Å². The molecule has 210 valence electrons. The average Bonchev–Trinajstić information content (AvgIpc) is 3.58. The smallest absolute Gasteiger partial charge is 0.327 e. The SMILES string of the molecule is COc1ccc2c(c1)C(=O)N(C[C@@]1(c3nc(-c4ccc(F)cc4)cs3)NC(=O)N(COCC[Si](C)(C)C)C1=O)C2. The minimum Gasteiger partial charge on any atom is -0.497 e. The molecule has 1 N–H and O–H groups in total. The number of benzene rings is 2. The predicted octanol–water partition coefficient (Wildman–Crippen LogP) is 4.67. The van der Waals surface area contributed by atoms with Crippen LogP contribution in [-0.2, 0) is 21.6 Å². The molecule has 1 atom stereocenters. The molecule has 1 aromatic heterocycles. The fraction of sp³-hybridized carbons (Fsp3) is 0.357. The Labute approximate surface area is 236 Å². The number of methoxy groups -OCH3 is 1. The van der Waals surface area contributed by atoms with E-state index in [1.54, 1.807) is 29.6 Å². The molecule has 0 spiro atoms. The van der Waals surface area contributed by atoms with Crippen LogP contribution in [0.15, 0.2) is 47.8 Å².